The van der Waals surface area contributed by atoms with Crippen LogP contribution in [0, 0.1) is 6.92 Å². The molecule has 0 fully saturated rings. The van der Waals surface area contributed by atoms with E-state index in [9.17, 15) is 4.79 Å². The maximum atomic E-state index is 12.5. The van der Waals surface area contributed by atoms with E-state index in [-0.39, 0.29) is 5.91 Å². The molecule has 0 aliphatic heterocycles. The summed E-state index contributed by atoms with van der Waals surface area (Å²) in [5, 5.41) is 0.668. The van der Waals surface area contributed by atoms with E-state index in [4.69, 9.17) is 11.6 Å². The summed E-state index contributed by atoms with van der Waals surface area (Å²) in [6.45, 7) is 2.49. The molecule has 5 heteroatoms. The molecule has 0 aliphatic carbocycles. The predicted octanol–water partition coefficient (Wildman–Crippen LogP) is 3.57. The second-order valence-corrected chi connectivity index (χ2v) is 5.82. The molecule has 2 heterocycles. The first kappa shape index (κ1) is 14.6. The predicted molar refractivity (Wildman–Crippen MR) is 87.2 cm³/mol. The number of nitrogens with zero attached hydrogens (tertiary/aromatic N) is 3. The number of aryl methyl sites for hydroxylation is 1. The molecule has 0 spiro atoms. The Hall–Kier alpha value is -2.33. The Morgan fingerprint density at radius 3 is 2.91 bits per heavy atom. The van der Waals surface area contributed by atoms with Gasteiger partial charge in [0, 0.05) is 31.0 Å². The van der Waals surface area contributed by atoms with Crippen molar-refractivity contribution in [3.63, 3.8) is 0 Å². The van der Waals surface area contributed by atoms with Crippen LogP contribution >= 0.6 is 11.6 Å². The molecule has 0 saturated heterocycles. The number of halogens is 1. The fraction of sp³-hybridized carbons (Fsp3) is 0.176. The van der Waals surface area contributed by atoms with Gasteiger partial charge in [0.1, 0.15) is 11.3 Å². The Balaban J connectivity index is 1.82. The van der Waals surface area contributed by atoms with Crippen molar-refractivity contribution in [1.82, 2.24) is 14.3 Å². The third-order valence-corrected chi connectivity index (χ3v) is 3.73. The summed E-state index contributed by atoms with van der Waals surface area (Å²) in [6.07, 6.45) is 3.66. The van der Waals surface area contributed by atoms with E-state index in [0.29, 0.717) is 17.3 Å². The van der Waals surface area contributed by atoms with Crippen LogP contribution in [0.15, 0.2) is 48.8 Å². The van der Waals surface area contributed by atoms with E-state index < -0.39 is 0 Å². The molecule has 4 nitrogen and oxygen atoms in total. The highest BCUT2D eigenvalue weighted by Gasteiger charge is 2.16. The molecule has 0 radical (unpaired) electrons. The molecule has 3 aromatic rings. The second kappa shape index (κ2) is 5.81. The van der Waals surface area contributed by atoms with Crippen LogP contribution in [0.2, 0.25) is 5.02 Å². The first-order chi connectivity index (χ1) is 10.5. The highest BCUT2D eigenvalue weighted by atomic mass is 35.5. The topological polar surface area (TPSA) is 37.6 Å². The van der Waals surface area contributed by atoms with Crippen molar-refractivity contribution in [2.45, 2.75) is 13.5 Å². The van der Waals surface area contributed by atoms with Gasteiger partial charge >= 0.3 is 0 Å². The van der Waals surface area contributed by atoms with Crippen molar-refractivity contribution >= 4 is 23.2 Å². The minimum atomic E-state index is -0.110. The van der Waals surface area contributed by atoms with E-state index in [1.165, 1.54) is 0 Å². The number of amides is 1. The van der Waals surface area contributed by atoms with Gasteiger partial charge in [-0.25, -0.2) is 4.98 Å². The summed E-state index contributed by atoms with van der Waals surface area (Å²) in [7, 11) is 1.76. The standard InChI is InChI=1S/C17H16ClN3O/c1-12-6-7-21-11-15(19-16(21)8-12)17(22)20(2)10-13-4-3-5-14(18)9-13/h3-9,11H,10H2,1-2H3. The molecule has 112 valence electrons. The Bertz CT molecular complexity index is 841. The number of carbonyl (C=O) groups excluding carboxylic acids is 1. The van der Waals surface area contributed by atoms with Gasteiger partial charge < -0.3 is 9.30 Å². The van der Waals surface area contributed by atoms with Gasteiger partial charge in [-0.1, -0.05) is 23.7 Å². The summed E-state index contributed by atoms with van der Waals surface area (Å²) in [6, 6.07) is 11.4. The van der Waals surface area contributed by atoms with Crippen molar-refractivity contribution in [2.75, 3.05) is 7.05 Å². The third kappa shape index (κ3) is 2.97. The zero-order valence-corrected chi connectivity index (χ0v) is 13.2. The van der Waals surface area contributed by atoms with E-state index in [1.54, 1.807) is 18.1 Å². The second-order valence-electron chi connectivity index (χ2n) is 5.39. The van der Waals surface area contributed by atoms with Crippen LogP contribution in [0.3, 0.4) is 0 Å². The lowest BCUT2D eigenvalue weighted by molar-refractivity contribution is 0.0780. The van der Waals surface area contributed by atoms with E-state index in [1.807, 2.05) is 53.9 Å². The quantitative estimate of drug-likeness (QED) is 0.741. The minimum absolute atomic E-state index is 0.110. The molecule has 1 aromatic carbocycles. The molecule has 1 amide bonds. The summed E-state index contributed by atoms with van der Waals surface area (Å²) < 4.78 is 1.85. The number of benzene rings is 1. The first-order valence-electron chi connectivity index (χ1n) is 6.98. The minimum Gasteiger partial charge on any atom is -0.336 e. The van der Waals surface area contributed by atoms with Crippen LogP contribution in [0.4, 0.5) is 0 Å². The highest BCUT2D eigenvalue weighted by Crippen LogP contribution is 2.14. The Morgan fingerprint density at radius 1 is 1.32 bits per heavy atom. The lowest BCUT2D eigenvalue weighted by Crippen LogP contribution is -2.26. The number of fused-ring (bicyclic) bond motifs is 1. The third-order valence-electron chi connectivity index (χ3n) is 3.49. The number of aromatic nitrogens is 2. The maximum Gasteiger partial charge on any atom is 0.274 e. The fourth-order valence-electron chi connectivity index (χ4n) is 2.36. The van der Waals surface area contributed by atoms with E-state index in [0.717, 1.165) is 16.8 Å². The van der Waals surface area contributed by atoms with Gasteiger partial charge in [0.25, 0.3) is 5.91 Å². The number of pyridine rings is 1. The van der Waals surface area contributed by atoms with Gasteiger partial charge in [0.05, 0.1) is 0 Å². The summed E-state index contributed by atoms with van der Waals surface area (Å²) in [4.78, 5) is 18.5. The SMILES string of the molecule is Cc1ccn2cc(C(=O)N(C)Cc3cccc(Cl)c3)nc2c1. The number of carbonyl (C=O) groups is 1. The largest absolute Gasteiger partial charge is 0.336 e. The van der Waals surface area contributed by atoms with Crippen LogP contribution in [-0.4, -0.2) is 27.2 Å². The van der Waals surface area contributed by atoms with Crippen LogP contribution < -0.4 is 0 Å². The highest BCUT2D eigenvalue weighted by molar-refractivity contribution is 6.30. The molecule has 0 unspecified atom stereocenters. The van der Waals surface area contributed by atoms with Crippen LogP contribution in [-0.2, 0) is 6.54 Å². The summed E-state index contributed by atoms with van der Waals surface area (Å²) in [5.74, 6) is -0.110. The smallest absolute Gasteiger partial charge is 0.274 e. The Kier molecular flexibility index (Phi) is 3.86. The van der Waals surface area contributed by atoms with Crippen LogP contribution in [0.25, 0.3) is 5.65 Å². The van der Waals surface area contributed by atoms with E-state index >= 15 is 0 Å². The Labute approximate surface area is 134 Å². The number of imidazole rings is 1. The maximum absolute atomic E-state index is 12.5. The van der Waals surface area contributed by atoms with Gasteiger partial charge in [0.15, 0.2) is 0 Å². The summed E-state index contributed by atoms with van der Waals surface area (Å²) >= 11 is 5.97. The van der Waals surface area contributed by atoms with Crippen molar-refractivity contribution < 1.29 is 4.79 Å². The number of hydrogen-bond donors (Lipinski definition) is 0. The molecule has 0 N–H and O–H groups in total. The molecular formula is C17H16ClN3O. The van der Waals surface area contributed by atoms with Crippen molar-refractivity contribution in [3.8, 4) is 0 Å². The van der Waals surface area contributed by atoms with Crippen LogP contribution in [0.1, 0.15) is 21.6 Å². The average molecular weight is 314 g/mol. The monoisotopic (exact) mass is 313 g/mol. The lowest BCUT2D eigenvalue weighted by atomic mass is 10.2. The molecule has 3 rings (SSSR count). The molecular weight excluding hydrogens is 298 g/mol. The van der Waals surface area contributed by atoms with Crippen LogP contribution in [0.5, 0.6) is 0 Å². The summed E-state index contributed by atoms with van der Waals surface area (Å²) in [5.41, 5.74) is 3.32. The number of hydrogen-bond acceptors (Lipinski definition) is 2. The van der Waals surface area contributed by atoms with Gasteiger partial charge in [-0.05, 0) is 42.3 Å². The van der Waals surface area contributed by atoms with Crippen molar-refractivity contribution in [1.29, 1.82) is 0 Å². The fourth-order valence-corrected chi connectivity index (χ4v) is 2.58. The van der Waals surface area contributed by atoms with Gasteiger partial charge in [-0.2, -0.15) is 0 Å². The molecule has 22 heavy (non-hydrogen) atoms. The first-order valence-corrected chi connectivity index (χ1v) is 7.36. The van der Waals surface area contributed by atoms with Gasteiger partial charge in [0.2, 0.25) is 0 Å². The average Bonchev–Trinajstić information content (AvgIpc) is 2.89. The lowest BCUT2D eigenvalue weighted by Gasteiger charge is -2.16. The van der Waals surface area contributed by atoms with Gasteiger partial charge in [-0.3, -0.25) is 4.79 Å². The van der Waals surface area contributed by atoms with E-state index in [2.05, 4.69) is 4.98 Å². The normalized spacial score (nSPS) is 10.9. The number of rotatable bonds is 3. The molecule has 0 aliphatic rings. The van der Waals surface area contributed by atoms with Crippen molar-refractivity contribution in [3.05, 3.63) is 70.6 Å². The molecule has 0 saturated carbocycles. The molecule has 2 aromatic heterocycles. The van der Waals surface area contributed by atoms with Gasteiger partial charge in [-0.15, -0.1) is 0 Å². The Morgan fingerprint density at radius 2 is 2.14 bits per heavy atom. The molecule has 0 atom stereocenters. The molecule has 0 bridgehead atoms. The zero-order chi connectivity index (χ0) is 15.7. The van der Waals surface area contributed by atoms with Crippen molar-refractivity contribution in [2.24, 2.45) is 0 Å². The zero-order valence-electron chi connectivity index (χ0n) is 12.5.